The van der Waals surface area contributed by atoms with Crippen LogP contribution in [0.5, 0.6) is 0 Å². The highest BCUT2D eigenvalue weighted by Crippen LogP contribution is 2.38. The molecule has 3 N–H and O–H groups in total. The molecule has 1 amide bonds. The summed E-state index contributed by atoms with van der Waals surface area (Å²) in [6.45, 7) is 0.492. The van der Waals surface area contributed by atoms with Crippen LogP contribution in [-0.2, 0) is 21.5 Å². The van der Waals surface area contributed by atoms with E-state index in [9.17, 15) is 13.2 Å². The second kappa shape index (κ2) is 6.21. The molecule has 3 rings (SSSR count). The van der Waals surface area contributed by atoms with Crippen LogP contribution >= 0.6 is 11.6 Å². The number of primary amides is 1. The number of aromatic nitrogens is 1. The lowest BCUT2D eigenvalue weighted by atomic mass is 10.1. The standard InChI is InChI=1S/C15H17ClN4O3S/c1-18-24(22,23)20-8-7-19-12(14(20)15(17)21)9-11(16)13(19)10-5-3-2-4-6-10/h2-6,9,14,18H,7-8H2,1H3,(H2,17,21). The Morgan fingerprint density at radius 1 is 1.29 bits per heavy atom. The molecule has 1 aliphatic rings. The minimum Gasteiger partial charge on any atom is -0.368 e. The molecule has 9 heteroatoms. The highest BCUT2D eigenvalue weighted by Gasteiger charge is 2.40. The van der Waals surface area contributed by atoms with Crippen LogP contribution in [0, 0.1) is 0 Å². The third-order valence-corrected chi connectivity index (χ3v) is 5.89. The van der Waals surface area contributed by atoms with Gasteiger partial charge in [0.25, 0.3) is 10.2 Å². The number of nitrogens with zero attached hydrogens (tertiary/aromatic N) is 2. The summed E-state index contributed by atoms with van der Waals surface area (Å²) in [5, 5.41) is 0.450. The molecule has 128 valence electrons. The van der Waals surface area contributed by atoms with Crippen LogP contribution in [0.4, 0.5) is 0 Å². The van der Waals surface area contributed by atoms with Gasteiger partial charge in [-0.3, -0.25) is 4.79 Å². The van der Waals surface area contributed by atoms with Crippen molar-refractivity contribution < 1.29 is 13.2 Å². The predicted octanol–water partition coefficient (Wildman–Crippen LogP) is 1.11. The van der Waals surface area contributed by atoms with Crippen molar-refractivity contribution in [3.05, 3.63) is 47.1 Å². The van der Waals surface area contributed by atoms with Crippen LogP contribution in [0.2, 0.25) is 5.02 Å². The monoisotopic (exact) mass is 368 g/mol. The smallest absolute Gasteiger partial charge is 0.280 e. The first-order chi connectivity index (χ1) is 11.4. The molecule has 0 saturated carbocycles. The molecule has 0 aliphatic carbocycles. The van der Waals surface area contributed by atoms with Gasteiger partial charge in [0, 0.05) is 25.8 Å². The van der Waals surface area contributed by atoms with Gasteiger partial charge < -0.3 is 10.3 Å². The molecule has 0 bridgehead atoms. The molecule has 1 atom stereocenters. The predicted molar refractivity (Wildman–Crippen MR) is 91.5 cm³/mol. The molecule has 1 aromatic heterocycles. The Kier molecular flexibility index (Phi) is 4.39. The zero-order valence-corrected chi connectivity index (χ0v) is 14.5. The first-order valence-corrected chi connectivity index (χ1v) is 9.12. The zero-order valence-electron chi connectivity index (χ0n) is 12.9. The van der Waals surface area contributed by atoms with E-state index in [1.807, 2.05) is 34.9 Å². The number of hydrogen-bond donors (Lipinski definition) is 2. The van der Waals surface area contributed by atoms with Crippen molar-refractivity contribution in [1.82, 2.24) is 13.6 Å². The fourth-order valence-electron chi connectivity index (χ4n) is 3.03. The van der Waals surface area contributed by atoms with Crippen molar-refractivity contribution in [2.75, 3.05) is 13.6 Å². The van der Waals surface area contributed by atoms with Crippen molar-refractivity contribution in [2.45, 2.75) is 12.6 Å². The third kappa shape index (κ3) is 2.71. The molecule has 0 saturated heterocycles. The molecule has 1 aromatic carbocycles. The van der Waals surface area contributed by atoms with Crippen LogP contribution in [0.3, 0.4) is 0 Å². The Morgan fingerprint density at radius 2 is 1.96 bits per heavy atom. The molecule has 1 unspecified atom stereocenters. The van der Waals surface area contributed by atoms with E-state index in [2.05, 4.69) is 4.72 Å². The summed E-state index contributed by atoms with van der Waals surface area (Å²) in [5.74, 6) is -0.747. The Morgan fingerprint density at radius 3 is 2.54 bits per heavy atom. The van der Waals surface area contributed by atoms with Crippen molar-refractivity contribution >= 4 is 27.7 Å². The van der Waals surface area contributed by atoms with E-state index in [1.165, 1.54) is 7.05 Å². The van der Waals surface area contributed by atoms with E-state index < -0.39 is 22.2 Å². The third-order valence-electron chi connectivity index (χ3n) is 4.08. The van der Waals surface area contributed by atoms with Crippen LogP contribution in [0.15, 0.2) is 36.4 Å². The fourth-order valence-corrected chi connectivity index (χ4v) is 4.40. The molecular weight excluding hydrogens is 352 g/mol. The Hall–Kier alpha value is -1.87. The second-order valence-electron chi connectivity index (χ2n) is 5.41. The molecule has 7 nitrogen and oxygen atoms in total. The second-order valence-corrected chi connectivity index (χ2v) is 7.64. The number of carbonyl (C=O) groups excluding carboxylic acids is 1. The molecule has 0 spiro atoms. The Labute approximate surface area is 145 Å². The number of halogens is 1. The summed E-state index contributed by atoms with van der Waals surface area (Å²) in [6.07, 6.45) is 0. The lowest BCUT2D eigenvalue weighted by molar-refractivity contribution is -0.122. The Bertz CT molecular complexity index is 880. The highest BCUT2D eigenvalue weighted by molar-refractivity contribution is 7.87. The van der Waals surface area contributed by atoms with Crippen LogP contribution in [0.25, 0.3) is 11.3 Å². The van der Waals surface area contributed by atoms with E-state index >= 15 is 0 Å². The summed E-state index contributed by atoms with van der Waals surface area (Å²) < 4.78 is 29.6. The topological polar surface area (TPSA) is 97.4 Å². The summed E-state index contributed by atoms with van der Waals surface area (Å²) >= 11 is 6.38. The summed E-state index contributed by atoms with van der Waals surface area (Å²) in [7, 11) is -2.51. The quantitative estimate of drug-likeness (QED) is 0.846. The SMILES string of the molecule is CNS(=O)(=O)N1CCn2c(cc(Cl)c2-c2ccccc2)C1C(N)=O. The van der Waals surface area contributed by atoms with Gasteiger partial charge in [-0.15, -0.1) is 0 Å². The zero-order chi connectivity index (χ0) is 17.5. The minimum absolute atomic E-state index is 0.120. The van der Waals surface area contributed by atoms with Crippen LogP contribution in [0.1, 0.15) is 11.7 Å². The number of benzene rings is 1. The number of hydrogen-bond acceptors (Lipinski definition) is 3. The van der Waals surface area contributed by atoms with Gasteiger partial charge in [0.05, 0.1) is 10.7 Å². The van der Waals surface area contributed by atoms with Crippen molar-refractivity contribution in [3.8, 4) is 11.3 Å². The van der Waals surface area contributed by atoms with Crippen LogP contribution in [-0.4, -0.2) is 36.8 Å². The van der Waals surface area contributed by atoms with Gasteiger partial charge in [-0.2, -0.15) is 12.7 Å². The van der Waals surface area contributed by atoms with Gasteiger partial charge in [-0.25, -0.2) is 4.72 Å². The van der Waals surface area contributed by atoms with Gasteiger partial charge in [0.2, 0.25) is 5.91 Å². The van der Waals surface area contributed by atoms with Gasteiger partial charge in [0.1, 0.15) is 6.04 Å². The van der Waals surface area contributed by atoms with Gasteiger partial charge in [-0.05, 0) is 11.6 Å². The minimum atomic E-state index is -3.80. The molecule has 2 heterocycles. The van der Waals surface area contributed by atoms with Gasteiger partial charge in [0.15, 0.2) is 0 Å². The molecule has 0 radical (unpaired) electrons. The van der Waals surface area contributed by atoms with Gasteiger partial charge in [-0.1, -0.05) is 41.9 Å². The van der Waals surface area contributed by atoms with Crippen molar-refractivity contribution in [3.63, 3.8) is 0 Å². The first kappa shape index (κ1) is 17.0. The van der Waals surface area contributed by atoms with E-state index in [4.69, 9.17) is 17.3 Å². The van der Waals surface area contributed by atoms with E-state index in [-0.39, 0.29) is 6.54 Å². The lowest BCUT2D eigenvalue weighted by Gasteiger charge is -2.34. The maximum absolute atomic E-state index is 12.2. The first-order valence-electron chi connectivity index (χ1n) is 7.31. The van der Waals surface area contributed by atoms with E-state index in [0.29, 0.717) is 17.3 Å². The molecular formula is C15H17ClN4O3S. The average Bonchev–Trinajstić information content (AvgIpc) is 2.90. The summed E-state index contributed by atoms with van der Waals surface area (Å²) in [6, 6.07) is 9.98. The lowest BCUT2D eigenvalue weighted by Crippen LogP contribution is -2.50. The van der Waals surface area contributed by atoms with Crippen molar-refractivity contribution in [2.24, 2.45) is 5.73 Å². The molecule has 0 fully saturated rings. The van der Waals surface area contributed by atoms with E-state index in [1.54, 1.807) is 6.07 Å². The van der Waals surface area contributed by atoms with Crippen molar-refractivity contribution in [1.29, 1.82) is 0 Å². The largest absolute Gasteiger partial charge is 0.368 e. The molecule has 24 heavy (non-hydrogen) atoms. The summed E-state index contributed by atoms with van der Waals surface area (Å²) in [5.41, 5.74) is 7.60. The number of rotatable bonds is 4. The fraction of sp³-hybridized carbons (Fsp3) is 0.267. The van der Waals surface area contributed by atoms with E-state index in [0.717, 1.165) is 15.6 Å². The maximum atomic E-state index is 12.2. The molecule has 1 aliphatic heterocycles. The highest BCUT2D eigenvalue weighted by atomic mass is 35.5. The van der Waals surface area contributed by atoms with Crippen LogP contribution < -0.4 is 10.5 Å². The summed E-state index contributed by atoms with van der Waals surface area (Å²) in [4.78, 5) is 12.0. The van der Waals surface area contributed by atoms with Gasteiger partial charge >= 0.3 is 0 Å². The number of nitrogens with two attached hydrogens (primary N) is 1. The maximum Gasteiger partial charge on any atom is 0.280 e. The number of fused-ring (bicyclic) bond motifs is 1. The number of amides is 1. The molecule has 2 aromatic rings. The Balaban J connectivity index is 2.17. The number of carbonyl (C=O) groups is 1. The average molecular weight is 369 g/mol. The normalized spacial score (nSPS) is 18.3. The number of nitrogens with one attached hydrogen (secondary N) is 1.